The molecule has 0 saturated carbocycles. The summed E-state index contributed by atoms with van der Waals surface area (Å²) < 4.78 is 12.9. The number of carbonyl (C=O) groups excluding carboxylic acids is 1. The number of nitrogens with two attached hydrogens (primary N) is 1. The van der Waals surface area contributed by atoms with Crippen LogP contribution in [0.25, 0.3) is 0 Å². The maximum atomic E-state index is 12.9. The predicted octanol–water partition coefficient (Wildman–Crippen LogP) is 1.48. The van der Waals surface area contributed by atoms with Crippen LogP contribution < -0.4 is 5.73 Å². The molecular weight excluding hydrogens is 171 g/mol. The van der Waals surface area contributed by atoms with E-state index in [9.17, 15) is 9.18 Å². The van der Waals surface area contributed by atoms with E-state index in [0.717, 1.165) is 12.1 Å². The number of rotatable bonds is 1. The molecule has 0 aliphatic rings. The lowest BCUT2D eigenvalue weighted by atomic mass is 10.0. The summed E-state index contributed by atoms with van der Waals surface area (Å²) in [5.41, 5.74) is 5.27. The van der Waals surface area contributed by atoms with Crippen LogP contribution in [0.1, 0.15) is 22.8 Å². The van der Waals surface area contributed by atoms with Gasteiger partial charge in [-0.05, 0) is 19.1 Å². The SMILES string of the molecule is CC(=O)c1cc(F)c(N)cc1C#N. The van der Waals surface area contributed by atoms with Crippen molar-refractivity contribution in [3.8, 4) is 6.07 Å². The molecule has 0 bridgehead atoms. The summed E-state index contributed by atoms with van der Waals surface area (Å²) in [4.78, 5) is 10.9. The van der Waals surface area contributed by atoms with Crippen molar-refractivity contribution in [3.63, 3.8) is 0 Å². The fourth-order valence-electron chi connectivity index (χ4n) is 0.974. The smallest absolute Gasteiger partial charge is 0.161 e. The highest BCUT2D eigenvalue weighted by Crippen LogP contribution is 2.17. The highest BCUT2D eigenvalue weighted by Gasteiger charge is 2.10. The molecule has 0 radical (unpaired) electrons. The summed E-state index contributed by atoms with van der Waals surface area (Å²) in [6, 6.07) is 3.92. The van der Waals surface area contributed by atoms with E-state index in [4.69, 9.17) is 11.0 Å². The van der Waals surface area contributed by atoms with E-state index < -0.39 is 5.82 Å². The molecule has 0 aromatic heterocycles. The summed E-state index contributed by atoms with van der Waals surface area (Å²) in [5, 5.41) is 8.60. The molecular formula is C9H7FN2O. The van der Waals surface area contributed by atoms with E-state index in [1.807, 2.05) is 0 Å². The first-order chi connectivity index (χ1) is 6.06. The molecule has 1 rings (SSSR count). The van der Waals surface area contributed by atoms with Gasteiger partial charge in [-0.15, -0.1) is 0 Å². The van der Waals surface area contributed by atoms with Crippen molar-refractivity contribution in [3.05, 3.63) is 29.1 Å². The Bertz CT molecular complexity index is 407. The van der Waals surface area contributed by atoms with E-state index in [1.165, 1.54) is 6.92 Å². The second-order valence-electron chi connectivity index (χ2n) is 2.59. The Labute approximate surface area is 74.6 Å². The molecule has 0 saturated heterocycles. The van der Waals surface area contributed by atoms with Crippen molar-refractivity contribution in [2.24, 2.45) is 0 Å². The molecule has 0 spiro atoms. The number of nitriles is 1. The fourth-order valence-corrected chi connectivity index (χ4v) is 0.974. The Morgan fingerprint density at radius 1 is 1.62 bits per heavy atom. The lowest BCUT2D eigenvalue weighted by molar-refractivity contribution is 0.101. The van der Waals surface area contributed by atoms with Crippen molar-refractivity contribution < 1.29 is 9.18 Å². The van der Waals surface area contributed by atoms with Crippen LogP contribution in [0.15, 0.2) is 12.1 Å². The minimum absolute atomic E-state index is 0.0641. The Kier molecular flexibility index (Phi) is 2.29. The maximum absolute atomic E-state index is 12.9. The van der Waals surface area contributed by atoms with Gasteiger partial charge in [0.1, 0.15) is 5.82 Å². The second kappa shape index (κ2) is 3.23. The zero-order valence-electron chi connectivity index (χ0n) is 6.97. The van der Waals surface area contributed by atoms with Crippen LogP contribution in [0, 0.1) is 17.1 Å². The Hall–Kier alpha value is -1.89. The van der Waals surface area contributed by atoms with Crippen LogP contribution >= 0.6 is 0 Å². The average Bonchev–Trinajstić information content (AvgIpc) is 2.08. The summed E-state index contributed by atoms with van der Waals surface area (Å²) in [6.45, 7) is 1.27. The molecule has 66 valence electrons. The molecule has 1 aromatic carbocycles. The lowest BCUT2D eigenvalue weighted by Crippen LogP contribution is -2.01. The third kappa shape index (κ3) is 1.64. The Morgan fingerprint density at radius 3 is 2.69 bits per heavy atom. The van der Waals surface area contributed by atoms with Crippen LogP contribution in [-0.4, -0.2) is 5.78 Å². The van der Waals surface area contributed by atoms with Gasteiger partial charge in [0.25, 0.3) is 0 Å². The number of carbonyl (C=O) groups is 1. The summed E-state index contributed by atoms with van der Waals surface area (Å²) >= 11 is 0. The minimum atomic E-state index is -0.677. The third-order valence-corrected chi connectivity index (χ3v) is 1.64. The molecule has 0 amide bonds. The Balaban J connectivity index is 3.44. The first kappa shape index (κ1) is 9.20. The van der Waals surface area contributed by atoms with Crippen molar-refractivity contribution in [2.75, 3.05) is 5.73 Å². The summed E-state index contributed by atoms with van der Waals surface area (Å²) in [7, 11) is 0. The normalized spacial score (nSPS) is 9.31. The van der Waals surface area contributed by atoms with Gasteiger partial charge in [-0.3, -0.25) is 4.79 Å². The summed E-state index contributed by atoms with van der Waals surface area (Å²) in [5.74, 6) is -1.03. The number of hydrogen-bond acceptors (Lipinski definition) is 3. The minimum Gasteiger partial charge on any atom is -0.396 e. The zero-order chi connectivity index (χ0) is 10.0. The molecule has 3 nitrogen and oxygen atoms in total. The van der Waals surface area contributed by atoms with Gasteiger partial charge in [0.2, 0.25) is 0 Å². The molecule has 4 heteroatoms. The van der Waals surface area contributed by atoms with Gasteiger partial charge in [0, 0.05) is 5.56 Å². The first-order valence-electron chi connectivity index (χ1n) is 3.56. The standard InChI is InChI=1S/C9H7FN2O/c1-5(13)7-3-8(10)9(12)2-6(7)4-11/h2-3H,12H2,1H3. The number of halogens is 1. The molecule has 1 aromatic rings. The van der Waals surface area contributed by atoms with E-state index in [2.05, 4.69) is 0 Å². The molecule has 2 N–H and O–H groups in total. The molecule has 0 aliphatic carbocycles. The number of nitrogens with zero attached hydrogens (tertiary/aromatic N) is 1. The fraction of sp³-hybridized carbons (Fsp3) is 0.111. The van der Waals surface area contributed by atoms with Gasteiger partial charge in [-0.1, -0.05) is 0 Å². The molecule has 13 heavy (non-hydrogen) atoms. The van der Waals surface area contributed by atoms with Crippen LogP contribution in [0.4, 0.5) is 10.1 Å². The molecule has 0 atom stereocenters. The highest BCUT2D eigenvalue weighted by atomic mass is 19.1. The predicted molar refractivity (Wildman–Crippen MR) is 45.5 cm³/mol. The molecule has 0 unspecified atom stereocenters. The molecule has 0 heterocycles. The van der Waals surface area contributed by atoms with Gasteiger partial charge < -0.3 is 5.73 Å². The molecule has 0 fully saturated rings. The third-order valence-electron chi connectivity index (χ3n) is 1.64. The number of ketones is 1. The van der Waals surface area contributed by atoms with Gasteiger partial charge >= 0.3 is 0 Å². The average molecular weight is 178 g/mol. The topological polar surface area (TPSA) is 66.9 Å². The summed E-state index contributed by atoms with van der Waals surface area (Å²) in [6.07, 6.45) is 0. The van der Waals surface area contributed by atoms with Gasteiger partial charge in [0.05, 0.1) is 17.3 Å². The van der Waals surface area contributed by atoms with Gasteiger partial charge in [-0.25, -0.2) is 4.39 Å². The van der Waals surface area contributed by atoms with Crippen molar-refractivity contribution in [1.82, 2.24) is 0 Å². The van der Waals surface area contributed by atoms with Crippen LogP contribution in [0.5, 0.6) is 0 Å². The first-order valence-corrected chi connectivity index (χ1v) is 3.56. The lowest BCUT2D eigenvalue weighted by Gasteiger charge is -2.01. The van der Waals surface area contributed by atoms with Crippen LogP contribution in [0.2, 0.25) is 0 Å². The molecule has 0 aliphatic heterocycles. The highest BCUT2D eigenvalue weighted by molar-refractivity contribution is 5.97. The second-order valence-corrected chi connectivity index (χ2v) is 2.59. The number of nitrogen functional groups attached to an aromatic ring is 1. The van der Waals surface area contributed by atoms with E-state index in [0.29, 0.717) is 0 Å². The van der Waals surface area contributed by atoms with Crippen LogP contribution in [0.3, 0.4) is 0 Å². The number of hydrogen-bond donors (Lipinski definition) is 1. The monoisotopic (exact) mass is 178 g/mol. The van der Waals surface area contributed by atoms with Crippen molar-refractivity contribution >= 4 is 11.5 Å². The van der Waals surface area contributed by atoms with Crippen molar-refractivity contribution in [2.45, 2.75) is 6.92 Å². The van der Waals surface area contributed by atoms with Gasteiger partial charge in [-0.2, -0.15) is 5.26 Å². The van der Waals surface area contributed by atoms with E-state index in [1.54, 1.807) is 6.07 Å². The number of Topliss-reactive ketones (excluding diaryl/α,β-unsaturated/α-hetero) is 1. The number of benzene rings is 1. The van der Waals surface area contributed by atoms with Gasteiger partial charge in [0.15, 0.2) is 5.78 Å². The van der Waals surface area contributed by atoms with E-state index in [-0.39, 0.29) is 22.6 Å². The zero-order valence-corrected chi connectivity index (χ0v) is 6.97. The number of anilines is 1. The van der Waals surface area contributed by atoms with Crippen molar-refractivity contribution in [1.29, 1.82) is 5.26 Å². The maximum Gasteiger partial charge on any atom is 0.161 e. The largest absolute Gasteiger partial charge is 0.396 e. The van der Waals surface area contributed by atoms with E-state index >= 15 is 0 Å². The Morgan fingerprint density at radius 2 is 2.23 bits per heavy atom. The quantitative estimate of drug-likeness (QED) is 0.523. The van der Waals surface area contributed by atoms with Crippen LogP contribution in [-0.2, 0) is 0 Å².